The van der Waals surface area contributed by atoms with E-state index in [0.717, 1.165) is 51.7 Å². The van der Waals surface area contributed by atoms with Gasteiger partial charge in [-0.15, -0.1) is 6.58 Å². The highest BCUT2D eigenvalue weighted by atomic mass is 28.4. The van der Waals surface area contributed by atoms with Crippen LogP contribution in [0.5, 0.6) is 0 Å². The van der Waals surface area contributed by atoms with E-state index in [0.29, 0.717) is 25.7 Å². The number of fused-ring (bicyclic) bond motifs is 2. The van der Waals surface area contributed by atoms with Gasteiger partial charge in [-0.2, -0.15) is 0 Å². The topological polar surface area (TPSA) is 97.6 Å². The molecule has 3 N–H and O–H groups in total. The summed E-state index contributed by atoms with van der Waals surface area (Å²) in [5, 5.41) is 12.9. The predicted octanol–water partition coefficient (Wildman–Crippen LogP) is 8.50. The van der Waals surface area contributed by atoms with Crippen LogP contribution < -0.4 is 20.7 Å². The number of hydrogen-bond acceptors (Lipinski definition) is 7. The Morgan fingerprint density at radius 1 is 0.625 bits per heavy atom. The number of hydrogen-bond donors (Lipinski definition) is 3. The van der Waals surface area contributed by atoms with Gasteiger partial charge in [-0.1, -0.05) is 176 Å². The van der Waals surface area contributed by atoms with Crippen LogP contribution in [0.15, 0.2) is 134 Å². The first-order valence-electron chi connectivity index (χ1n) is 24.2. The second-order valence-electron chi connectivity index (χ2n) is 20.4. The molecule has 3 aliphatic rings. The Kier molecular flexibility index (Phi) is 15.6. The normalized spacial score (nSPS) is 25.9. The van der Waals surface area contributed by atoms with Crippen LogP contribution in [0, 0.1) is 11.8 Å². The summed E-state index contributed by atoms with van der Waals surface area (Å²) in [5.41, 5.74) is 0. The molecular weight excluding hydrogens is 845 g/mol. The fourth-order valence-electron chi connectivity index (χ4n) is 12.1. The van der Waals surface area contributed by atoms with Gasteiger partial charge in [-0.25, -0.2) is 0 Å². The molecule has 0 bridgehead atoms. The maximum Gasteiger partial charge on any atom is 0.258 e. The van der Waals surface area contributed by atoms with E-state index in [1.54, 1.807) is 0 Å². The molecule has 64 heavy (non-hydrogen) atoms. The summed E-state index contributed by atoms with van der Waals surface area (Å²) in [6, 6.07) is 44.3. The van der Waals surface area contributed by atoms with Crippen molar-refractivity contribution in [2.75, 3.05) is 6.61 Å². The average molecular weight is 921 g/mol. The first-order valence-corrected chi connectivity index (χ1v) is 30.7. The van der Waals surface area contributed by atoms with Crippen molar-refractivity contribution in [2.45, 2.75) is 158 Å². The zero-order valence-electron chi connectivity index (χ0n) is 39.6. The van der Waals surface area contributed by atoms with Crippen molar-refractivity contribution in [3.63, 3.8) is 0 Å². The molecule has 7 nitrogen and oxygen atoms in total. The summed E-state index contributed by atoms with van der Waals surface area (Å²) in [6.45, 7) is 20.2. The zero-order chi connectivity index (χ0) is 45.8. The molecule has 0 radical (unpaired) electrons. The van der Waals surface area contributed by atoms with Crippen LogP contribution in [-0.2, 0) is 18.6 Å². The first-order chi connectivity index (χ1) is 30.7. The van der Waals surface area contributed by atoms with Gasteiger partial charge in [0.1, 0.15) is 0 Å². The van der Waals surface area contributed by atoms with Crippen molar-refractivity contribution < 1.29 is 33.3 Å². The Balaban J connectivity index is 1.34. The third kappa shape index (κ3) is 9.44. The van der Waals surface area contributed by atoms with Gasteiger partial charge in [0.25, 0.3) is 16.6 Å². The second kappa shape index (κ2) is 20.5. The van der Waals surface area contributed by atoms with E-state index >= 15 is 0 Å². The fourth-order valence-corrected chi connectivity index (χ4v) is 22.4. The number of aliphatic hydroxyl groups is 1. The van der Waals surface area contributed by atoms with E-state index in [1.165, 1.54) is 0 Å². The summed E-state index contributed by atoms with van der Waals surface area (Å²) in [5.74, 6) is -0.209. The lowest BCUT2D eigenvalue weighted by Crippen LogP contribution is -2.67. The maximum atomic E-state index is 13.5. The fraction of sp³-hybridized carbons (Fsp3) is 0.519. The van der Waals surface area contributed by atoms with Crippen molar-refractivity contribution in [1.29, 1.82) is 0 Å². The monoisotopic (exact) mass is 920 g/mol. The highest BCUT2D eigenvalue weighted by Crippen LogP contribution is 2.55. The minimum absolute atomic E-state index is 0.0617. The standard InChI is InChI=1S/C54H76O7Si3/c1-9-40(61-62(10-2,11-3)12-4)37-49-46(38-53(5,6)63(56,42-25-17-13-18-26-42)43-27-19-14-20-28-43)51-52(60-49)47(50-48(59-51)34-33-41(58-50)35-36-55)39-54(7,8)64(57,44-29-21-15-22-30-44)45-31-23-16-24-32-45/h9,13-32,40-41,46-52,55-57H,1,10-12,33-39H2,2-8H3/t40?,41?,46?,47?,48?,49?,50-,51+,52?/m1/s1. The van der Waals surface area contributed by atoms with E-state index in [1.807, 2.05) is 78.9 Å². The molecule has 3 saturated heterocycles. The van der Waals surface area contributed by atoms with Gasteiger partial charge in [0, 0.05) is 24.9 Å². The molecule has 3 aliphatic heterocycles. The van der Waals surface area contributed by atoms with E-state index in [9.17, 15) is 14.7 Å². The number of benzene rings is 4. The average Bonchev–Trinajstić information content (AvgIpc) is 3.65. The van der Waals surface area contributed by atoms with Gasteiger partial charge >= 0.3 is 0 Å². The smallest absolute Gasteiger partial charge is 0.258 e. The third-order valence-electron chi connectivity index (χ3n) is 16.0. The van der Waals surface area contributed by atoms with Gasteiger partial charge in [0.15, 0.2) is 8.32 Å². The Labute approximate surface area is 387 Å². The Bertz CT molecular complexity index is 1980. The van der Waals surface area contributed by atoms with Crippen LogP contribution >= 0.6 is 0 Å². The van der Waals surface area contributed by atoms with Gasteiger partial charge in [0.2, 0.25) is 0 Å². The summed E-state index contributed by atoms with van der Waals surface area (Å²) in [6.07, 6.45) is 4.50. The highest BCUT2D eigenvalue weighted by Gasteiger charge is 2.62. The Morgan fingerprint density at radius 3 is 1.45 bits per heavy atom. The van der Waals surface area contributed by atoms with Gasteiger partial charge in [-0.3, -0.25) is 0 Å². The van der Waals surface area contributed by atoms with E-state index in [2.05, 4.69) is 104 Å². The highest BCUT2D eigenvalue weighted by molar-refractivity contribution is 6.99. The molecule has 0 saturated carbocycles. The molecule has 10 heteroatoms. The molecule has 4 aromatic rings. The third-order valence-corrected chi connectivity index (χ3v) is 29.6. The number of ether oxygens (including phenoxy) is 3. The second-order valence-corrected chi connectivity index (χ2v) is 32.9. The molecule has 0 spiro atoms. The largest absolute Gasteiger partial charge is 0.424 e. The predicted molar refractivity (Wildman–Crippen MR) is 268 cm³/mol. The molecule has 9 atom stereocenters. The van der Waals surface area contributed by atoms with E-state index < -0.39 is 35.0 Å². The van der Waals surface area contributed by atoms with Crippen LogP contribution in [0.1, 0.15) is 87.0 Å². The maximum absolute atomic E-state index is 13.5. The van der Waals surface area contributed by atoms with Gasteiger partial charge in [-0.05, 0) is 81.1 Å². The zero-order valence-corrected chi connectivity index (χ0v) is 42.6. The molecule has 3 heterocycles. The lowest BCUT2D eigenvalue weighted by atomic mass is 9.74. The van der Waals surface area contributed by atoms with Crippen LogP contribution in [0.3, 0.4) is 0 Å². The van der Waals surface area contributed by atoms with Crippen molar-refractivity contribution in [2.24, 2.45) is 11.8 Å². The summed E-state index contributed by atoms with van der Waals surface area (Å²) in [4.78, 5) is 27.1. The quantitative estimate of drug-likeness (QED) is 0.0605. The van der Waals surface area contributed by atoms with E-state index in [4.69, 9.17) is 18.6 Å². The number of rotatable bonds is 20. The molecule has 0 amide bonds. The molecule has 7 rings (SSSR count). The van der Waals surface area contributed by atoms with Gasteiger partial charge < -0.3 is 33.3 Å². The Morgan fingerprint density at radius 2 is 1.05 bits per heavy atom. The molecule has 0 aliphatic carbocycles. The SMILES string of the molecule is C=CC(CC1OC2C(CC(C)(C)[Si](O)(c3ccccc3)c3ccccc3)[C@H]3OC(CCO)CCC3O[C@H]2C1CC(C)(C)[Si](O)(c1ccccc1)c1ccccc1)O[Si](CC)(CC)CC. The first kappa shape index (κ1) is 48.9. The molecule has 7 unspecified atom stereocenters. The van der Waals surface area contributed by atoms with E-state index in [-0.39, 0.29) is 61.2 Å². The van der Waals surface area contributed by atoms with Crippen molar-refractivity contribution in [3.05, 3.63) is 134 Å². The lowest BCUT2D eigenvalue weighted by molar-refractivity contribution is -0.243. The summed E-state index contributed by atoms with van der Waals surface area (Å²) in [7, 11) is -8.89. The lowest BCUT2D eigenvalue weighted by Gasteiger charge is -2.52. The van der Waals surface area contributed by atoms with Crippen molar-refractivity contribution in [1.82, 2.24) is 0 Å². The minimum Gasteiger partial charge on any atom is -0.424 e. The minimum atomic E-state index is -3.44. The molecule has 4 aromatic carbocycles. The van der Waals surface area contributed by atoms with Crippen LogP contribution in [0.2, 0.25) is 28.2 Å². The number of aliphatic hydroxyl groups excluding tert-OH is 1. The molecule has 3 fully saturated rings. The molecular formula is C54H76O7Si3. The molecule has 346 valence electrons. The Hall–Kier alpha value is -3.01. The summed E-state index contributed by atoms with van der Waals surface area (Å²) >= 11 is 0. The van der Waals surface area contributed by atoms with Gasteiger partial charge in [0.05, 0.1) is 42.7 Å². The van der Waals surface area contributed by atoms with Crippen LogP contribution in [-0.4, -0.2) is 89.0 Å². The van der Waals surface area contributed by atoms with Crippen molar-refractivity contribution in [3.8, 4) is 0 Å². The van der Waals surface area contributed by atoms with Crippen molar-refractivity contribution >= 4 is 45.7 Å². The van der Waals surface area contributed by atoms with Crippen LogP contribution in [0.25, 0.3) is 0 Å². The summed E-state index contributed by atoms with van der Waals surface area (Å²) < 4.78 is 29.3. The molecule has 0 aromatic heterocycles. The van der Waals surface area contributed by atoms with Crippen LogP contribution in [0.4, 0.5) is 0 Å².